The molecule has 5 atom stereocenters. The summed E-state index contributed by atoms with van der Waals surface area (Å²) in [6.45, 7) is 13.9. The molecule has 0 saturated carbocycles. The second kappa shape index (κ2) is 57.0. The molecule has 0 aromatic heterocycles. The Morgan fingerprint density at radius 3 is 0.721 bits per heavy atom. The van der Waals surface area contributed by atoms with E-state index in [0.29, 0.717) is 43.4 Å². The zero-order valence-corrected chi connectivity index (χ0v) is 57.7. The maximum Gasteiger partial charge on any atom is 0.472 e. The van der Waals surface area contributed by atoms with E-state index in [1.54, 1.807) is 0 Å². The normalized spacial score (nSPS) is 14.4. The van der Waals surface area contributed by atoms with Gasteiger partial charge in [-0.15, -0.1) is 0 Å². The Kier molecular flexibility index (Phi) is 55.7. The average molecular weight is 1270 g/mol. The first-order valence-electron chi connectivity index (χ1n) is 34.7. The minimum absolute atomic E-state index is 0.101. The molecule has 3 N–H and O–H groups in total. The number of ether oxygens (including phenoxy) is 4. The Morgan fingerprint density at radius 2 is 0.488 bits per heavy atom. The molecule has 0 saturated heterocycles. The summed E-state index contributed by atoms with van der Waals surface area (Å²) in [4.78, 5) is 72.2. The van der Waals surface area contributed by atoms with Gasteiger partial charge in [0.2, 0.25) is 0 Å². The van der Waals surface area contributed by atoms with Crippen LogP contribution < -0.4 is 0 Å². The third-order valence-corrected chi connectivity index (χ3v) is 17.2. The first-order chi connectivity index (χ1) is 41.1. The van der Waals surface area contributed by atoms with Gasteiger partial charge in [0.1, 0.15) is 19.3 Å². The molecule has 0 bridgehead atoms. The van der Waals surface area contributed by atoms with Crippen LogP contribution >= 0.6 is 15.6 Å². The molecule has 0 fully saturated rings. The van der Waals surface area contributed by atoms with E-state index in [4.69, 9.17) is 37.0 Å². The fraction of sp³-hybridized carbons (Fsp3) is 0.940. The number of phosphoric ester groups is 2. The number of hydrogen-bond donors (Lipinski definition) is 3. The minimum Gasteiger partial charge on any atom is -0.462 e. The van der Waals surface area contributed by atoms with Crippen molar-refractivity contribution in [3.05, 3.63) is 0 Å². The fourth-order valence-electron chi connectivity index (χ4n) is 9.96. The van der Waals surface area contributed by atoms with Crippen molar-refractivity contribution < 1.29 is 80.2 Å². The average Bonchev–Trinajstić information content (AvgIpc) is 3.56. The highest BCUT2D eigenvalue weighted by molar-refractivity contribution is 7.47. The van der Waals surface area contributed by atoms with Crippen LogP contribution in [0.2, 0.25) is 0 Å². The molecule has 0 heterocycles. The summed E-state index contributed by atoms with van der Waals surface area (Å²) in [7, 11) is -9.89. The van der Waals surface area contributed by atoms with Gasteiger partial charge in [0.25, 0.3) is 0 Å². The molecule has 86 heavy (non-hydrogen) atoms. The molecule has 0 amide bonds. The molecule has 0 aliphatic carbocycles. The highest BCUT2D eigenvalue weighted by Gasteiger charge is 2.30. The van der Waals surface area contributed by atoms with Gasteiger partial charge in [-0.1, -0.05) is 274 Å². The van der Waals surface area contributed by atoms with Crippen LogP contribution in [0.3, 0.4) is 0 Å². The Balaban J connectivity index is 5.18. The lowest BCUT2D eigenvalue weighted by molar-refractivity contribution is -0.161. The van der Waals surface area contributed by atoms with Gasteiger partial charge in [0.05, 0.1) is 26.4 Å². The maximum atomic E-state index is 13.0. The van der Waals surface area contributed by atoms with Crippen molar-refractivity contribution in [1.82, 2.24) is 0 Å². The van der Waals surface area contributed by atoms with Crippen LogP contribution in [-0.2, 0) is 65.4 Å². The summed E-state index contributed by atoms with van der Waals surface area (Å²) in [6.07, 6.45) is 38.1. The van der Waals surface area contributed by atoms with Gasteiger partial charge in [-0.3, -0.25) is 37.3 Å². The Morgan fingerprint density at radius 1 is 0.291 bits per heavy atom. The van der Waals surface area contributed by atoms with Crippen LogP contribution in [0.5, 0.6) is 0 Å². The van der Waals surface area contributed by atoms with Crippen LogP contribution in [-0.4, -0.2) is 96.7 Å². The number of rotatable bonds is 64. The van der Waals surface area contributed by atoms with Gasteiger partial charge in [0, 0.05) is 25.7 Å². The summed E-state index contributed by atoms with van der Waals surface area (Å²) in [6, 6.07) is 0. The summed E-state index contributed by atoms with van der Waals surface area (Å²) >= 11 is 0. The smallest absolute Gasteiger partial charge is 0.462 e. The molecule has 0 radical (unpaired) electrons. The standard InChI is InChI=1S/C67H130O17P2/c1-57(2)43-35-27-19-16-14-12-10-9-11-13-15-17-21-33-41-49-66(71)83-62(54-78-65(70)48-40-32-25-23-29-37-45-59(5)6)55-81-85(73,74)79-51-61(68)52-80-86(75,76)82-56-63(84-67(72)50-42-34-26-24-30-38-46-60(7)8)53-77-64(69)47-39-31-22-18-20-28-36-44-58(3)4/h57-63,68H,9-56H2,1-8H3,(H,73,74)(H,75,76)/t61?,62-,63-/m1/s1. The number of aliphatic hydroxyl groups excluding tert-OH is 1. The van der Waals surface area contributed by atoms with Crippen molar-refractivity contribution >= 4 is 39.5 Å². The molecule has 3 unspecified atom stereocenters. The van der Waals surface area contributed by atoms with E-state index in [0.717, 1.165) is 109 Å². The first kappa shape index (κ1) is 84.1. The molecule has 0 aliphatic rings. The summed E-state index contributed by atoms with van der Waals surface area (Å²) < 4.78 is 68.0. The number of carbonyl (C=O) groups is 4. The maximum absolute atomic E-state index is 13.0. The lowest BCUT2D eigenvalue weighted by Crippen LogP contribution is -2.30. The topological polar surface area (TPSA) is 237 Å². The number of aliphatic hydroxyl groups is 1. The van der Waals surface area contributed by atoms with E-state index >= 15 is 0 Å². The van der Waals surface area contributed by atoms with Crippen molar-refractivity contribution in [2.75, 3.05) is 39.6 Å². The lowest BCUT2D eigenvalue weighted by atomic mass is 10.0. The quantitative estimate of drug-likeness (QED) is 0.0222. The van der Waals surface area contributed by atoms with E-state index in [-0.39, 0.29) is 25.7 Å². The van der Waals surface area contributed by atoms with E-state index < -0.39 is 97.5 Å². The van der Waals surface area contributed by atoms with Crippen molar-refractivity contribution in [2.24, 2.45) is 23.7 Å². The van der Waals surface area contributed by atoms with Gasteiger partial charge in [-0.2, -0.15) is 0 Å². The Bertz CT molecular complexity index is 1710. The monoisotopic (exact) mass is 1270 g/mol. The number of hydrogen-bond acceptors (Lipinski definition) is 15. The highest BCUT2D eigenvalue weighted by Crippen LogP contribution is 2.45. The van der Waals surface area contributed by atoms with Gasteiger partial charge < -0.3 is 33.8 Å². The molecule has 510 valence electrons. The van der Waals surface area contributed by atoms with Crippen LogP contribution in [0.15, 0.2) is 0 Å². The van der Waals surface area contributed by atoms with Gasteiger partial charge in [-0.25, -0.2) is 9.13 Å². The largest absolute Gasteiger partial charge is 0.472 e. The zero-order chi connectivity index (χ0) is 63.9. The van der Waals surface area contributed by atoms with E-state index in [9.17, 15) is 43.2 Å². The molecule has 0 aromatic carbocycles. The van der Waals surface area contributed by atoms with E-state index in [1.807, 2.05) is 0 Å². The van der Waals surface area contributed by atoms with Gasteiger partial charge in [0.15, 0.2) is 12.2 Å². The molecule has 0 rings (SSSR count). The van der Waals surface area contributed by atoms with Crippen molar-refractivity contribution in [3.63, 3.8) is 0 Å². The predicted molar refractivity (Wildman–Crippen MR) is 344 cm³/mol. The molecule has 0 spiro atoms. The van der Waals surface area contributed by atoms with Crippen LogP contribution in [0, 0.1) is 23.7 Å². The number of carbonyl (C=O) groups excluding carboxylic acids is 4. The SMILES string of the molecule is CC(C)CCCCCCCCCCCCCCCCCC(=O)O[C@H](COC(=O)CCCCCCCCC(C)C)COP(=O)(O)OCC(O)COP(=O)(O)OC[C@@H](COC(=O)CCCCCCCCCC(C)C)OC(=O)CCCCCCCCC(C)C. The summed E-state index contributed by atoms with van der Waals surface area (Å²) in [5.41, 5.74) is 0. The third kappa shape index (κ3) is 60.9. The van der Waals surface area contributed by atoms with Crippen LogP contribution in [0.4, 0.5) is 0 Å². The van der Waals surface area contributed by atoms with E-state index in [1.165, 1.54) is 116 Å². The van der Waals surface area contributed by atoms with Gasteiger partial charge in [-0.05, 0) is 49.4 Å². The van der Waals surface area contributed by atoms with Crippen molar-refractivity contribution in [2.45, 2.75) is 343 Å². The second-order valence-electron chi connectivity index (χ2n) is 26.1. The molecule has 0 aliphatic heterocycles. The van der Waals surface area contributed by atoms with Crippen LogP contribution in [0.25, 0.3) is 0 Å². The molecule has 0 aromatic rings. The third-order valence-electron chi connectivity index (χ3n) is 15.3. The zero-order valence-electron chi connectivity index (χ0n) is 55.9. The Hall–Kier alpha value is -1.94. The van der Waals surface area contributed by atoms with Gasteiger partial charge >= 0.3 is 39.5 Å². The molecular weight excluding hydrogens is 1140 g/mol. The van der Waals surface area contributed by atoms with Crippen molar-refractivity contribution in [3.8, 4) is 0 Å². The minimum atomic E-state index is -4.95. The first-order valence-corrected chi connectivity index (χ1v) is 37.7. The second-order valence-corrected chi connectivity index (χ2v) is 29.0. The molecule has 19 heteroatoms. The van der Waals surface area contributed by atoms with Crippen molar-refractivity contribution in [1.29, 1.82) is 0 Å². The number of esters is 4. The predicted octanol–water partition coefficient (Wildman–Crippen LogP) is 18.5. The summed E-state index contributed by atoms with van der Waals surface area (Å²) in [5.74, 6) is 0.716. The number of unbranched alkanes of at least 4 members (excludes halogenated alkanes) is 30. The highest BCUT2D eigenvalue weighted by atomic mass is 31.2. The van der Waals surface area contributed by atoms with E-state index in [2.05, 4.69) is 55.4 Å². The summed E-state index contributed by atoms with van der Waals surface area (Å²) in [5, 5.41) is 10.5. The fourth-order valence-corrected chi connectivity index (χ4v) is 11.5. The Labute approximate surface area is 524 Å². The lowest BCUT2D eigenvalue weighted by Gasteiger charge is -2.21. The number of phosphoric acid groups is 2. The molecule has 17 nitrogen and oxygen atoms in total. The van der Waals surface area contributed by atoms with Crippen LogP contribution in [0.1, 0.15) is 325 Å². The molecular formula is C67H130O17P2.